The lowest BCUT2D eigenvalue weighted by Crippen LogP contribution is -2.20. The quantitative estimate of drug-likeness (QED) is 0.676. The number of aromatic nitrogens is 2. The van der Waals surface area contributed by atoms with Gasteiger partial charge in [-0.1, -0.05) is 23.7 Å². The molecule has 0 aliphatic heterocycles. The van der Waals surface area contributed by atoms with Crippen LogP contribution < -0.4 is 5.43 Å². The van der Waals surface area contributed by atoms with Crippen LogP contribution in [0.4, 0.5) is 0 Å². The molecule has 0 fully saturated rings. The van der Waals surface area contributed by atoms with Crippen molar-refractivity contribution in [3.05, 3.63) is 51.8 Å². The second-order valence-electron chi connectivity index (χ2n) is 4.99. The molecule has 5 nitrogen and oxygen atoms in total. The number of hydrogen-bond donors (Lipinski definition) is 2. The number of benzene rings is 1. The zero-order valence-corrected chi connectivity index (χ0v) is 12.2. The smallest absolute Gasteiger partial charge is 0.281 e. The SMILES string of the molecule is O=C(N/N=C/c1ccc(Cl)cc1)c1n[nH]c2c1CCCC2. The van der Waals surface area contributed by atoms with Crippen LogP contribution >= 0.6 is 11.6 Å². The number of carbonyl (C=O) groups excluding carboxylic acids is 1. The van der Waals surface area contributed by atoms with Crippen LogP contribution in [0.1, 0.15) is 40.2 Å². The molecular formula is C15H15ClN4O. The number of nitrogens with zero attached hydrogens (tertiary/aromatic N) is 2. The van der Waals surface area contributed by atoms with Crippen LogP contribution in [0.3, 0.4) is 0 Å². The van der Waals surface area contributed by atoms with Gasteiger partial charge in [0.2, 0.25) is 0 Å². The fourth-order valence-electron chi connectivity index (χ4n) is 2.44. The molecular weight excluding hydrogens is 288 g/mol. The van der Waals surface area contributed by atoms with Crippen LogP contribution in [-0.4, -0.2) is 22.3 Å². The third kappa shape index (κ3) is 3.13. The molecule has 0 radical (unpaired) electrons. The van der Waals surface area contributed by atoms with Crippen LogP contribution in [-0.2, 0) is 12.8 Å². The molecule has 108 valence electrons. The van der Waals surface area contributed by atoms with Crippen molar-refractivity contribution in [1.82, 2.24) is 15.6 Å². The van der Waals surface area contributed by atoms with Gasteiger partial charge in [0.05, 0.1) is 6.21 Å². The first-order valence-electron chi connectivity index (χ1n) is 6.89. The van der Waals surface area contributed by atoms with Crippen LogP contribution in [0.25, 0.3) is 0 Å². The number of fused-ring (bicyclic) bond motifs is 1. The van der Waals surface area contributed by atoms with E-state index in [0.717, 1.165) is 42.5 Å². The average Bonchev–Trinajstić information content (AvgIpc) is 2.93. The Hall–Kier alpha value is -2.14. The molecule has 6 heteroatoms. The second kappa shape index (κ2) is 6.10. The molecule has 0 unspecified atom stereocenters. The summed E-state index contributed by atoms with van der Waals surface area (Å²) in [4.78, 5) is 12.1. The molecule has 21 heavy (non-hydrogen) atoms. The van der Waals surface area contributed by atoms with Crippen molar-refractivity contribution in [2.24, 2.45) is 5.10 Å². The zero-order valence-electron chi connectivity index (χ0n) is 11.4. The van der Waals surface area contributed by atoms with E-state index in [1.807, 2.05) is 12.1 Å². The molecule has 1 aromatic carbocycles. The first kappa shape index (κ1) is 13.8. The van der Waals surface area contributed by atoms with Crippen molar-refractivity contribution >= 4 is 23.7 Å². The molecule has 0 saturated carbocycles. The van der Waals surface area contributed by atoms with E-state index in [1.54, 1.807) is 18.3 Å². The minimum atomic E-state index is -0.278. The van der Waals surface area contributed by atoms with Gasteiger partial charge in [-0.05, 0) is 43.4 Å². The lowest BCUT2D eigenvalue weighted by atomic mass is 9.96. The Bertz CT molecular complexity index is 675. The first-order valence-corrected chi connectivity index (χ1v) is 7.27. The van der Waals surface area contributed by atoms with Crippen molar-refractivity contribution in [3.8, 4) is 0 Å². The predicted molar refractivity (Wildman–Crippen MR) is 81.7 cm³/mol. The number of hydrazone groups is 1. The molecule has 2 N–H and O–H groups in total. The summed E-state index contributed by atoms with van der Waals surface area (Å²) in [6, 6.07) is 7.20. The van der Waals surface area contributed by atoms with Gasteiger partial charge in [0.1, 0.15) is 0 Å². The van der Waals surface area contributed by atoms with E-state index in [4.69, 9.17) is 11.6 Å². The molecule has 0 atom stereocenters. The number of amides is 1. The van der Waals surface area contributed by atoms with Gasteiger partial charge in [0.15, 0.2) is 5.69 Å². The highest BCUT2D eigenvalue weighted by molar-refractivity contribution is 6.30. The van der Waals surface area contributed by atoms with Crippen LogP contribution in [0.15, 0.2) is 29.4 Å². The number of halogens is 1. The van der Waals surface area contributed by atoms with Gasteiger partial charge in [0.25, 0.3) is 5.91 Å². The van der Waals surface area contributed by atoms with Crippen LogP contribution in [0.5, 0.6) is 0 Å². The second-order valence-corrected chi connectivity index (χ2v) is 5.42. The summed E-state index contributed by atoms with van der Waals surface area (Å²) < 4.78 is 0. The summed E-state index contributed by atoms with van der Waals surface area (Å²) in [5.74, 6) is -0.278. The highest BCUT2D eigenvalue weighted by Gasteiger charge is 2.21. The number of hydrogen-bond acceptors (Lipinski definition) is 3. The Morgan fingerprint density at radius 3 is 2.86 bits per heavy atom. The fourth-order valence-corrected chi connectivity index (χ4v) is 2.56. The minimum Gasteiger partial charge on any atom is -0.281 e. The largest absolute Gasteiger partial charge is 0.292 e. The van der Waals surface area contributed by atoms with Crippen molar-refractivity contribution in [2.75, 3.05) is 0 Å². The molecule has 1 aliphatic carbocycles. The van der Waals surface area contributed by atoms with E-state index in [0.29, 0.717) is 10.7 Å². The third-order valence-corrected chi connectivity index (χ3v) is 3.77. The lowest BCUT2D eigenvalue weighted by Gasteiger charge is -2.10. The highest BCUT2D eigenvalue weighted by atomic mass is 35.5. The van der Waals surface area contributed by atoms with Gasteiger partial charge in [-0.3, -0.25) is 9.89 Å². The average molecular weight is 303 g/mol. The topological polar surface area (TPSA) is 70.1 Å². The highest BCUT2D eigenvalue weighted by Crippen LogP contribution is 2.21. The summed E-state index contributed by atoms with van der Waals surface area (Å²) in [6.07, 6.45) is 5.68. The molecule has 1 heterocycles. The minimum absolute atomic E-state index is 0.278. The van der Waals surface area contributed by atoms with Crippen molar-refractivity contribution in [3.63, 3.8) is 0 Å². The fraction of sp³-hybridized carbons (Fsp3) is 0.267. The molecule has 0 bridgehead atoms. The van der Waals surface area contributed by atoms with E-state index in [1.165, 1.54) is 0 Å². The number of carbonyl (C=O) groups is 1. The predicted octanol–water partition coefficient (Wildman–Crippen LogP) is 2.71. The number of aryl methyl sites for hydroxylation is 1. The maximum Gasteiger partial charge on any atom is 0.292 e. The molecule has 1 aromatic heterocycles. The Morgan fingerprint density at radius 1 is 1.29 bits per heavy atom. The van der Waals surface area contributed by atoms with Crippen molar-refractivity contribution in [1.29, 1.82) is 0 Å². The molecule has 2 aromatic rings. The van der Waals surface area contributed by atoms with Gasteiger partial charge in [-0.25, -0.2) is 5.43 Å². The summed E-state index contributed by atoms with van der Waals surface area (Å²) in [6.45, 7) is 0. The summed E-state index contributed by atoms with van der Waals surface area (Å²) >= 11 is 5.81. The van der Waals surface area contributed by atoms with Crippen molar-refractivity contribution in [2.45, 2.75) is 25.7 Å². The molecule has 0 saturated heterocycles. The number of aromatic amines is 1. The van der Waals surface area contributed by atoms with Crippen molar-refractivity contribution < 1.29 is 4.79 Å². The van der Waals surface area contributed by atoms with E-state index >= 15 is 0 Å². The molecule has 3 rings (SSSR count). The number of rotatable bonds is 3. The molecule has 1 aliphatic rings. The van der Waals surface area contributed by atoms with Gasteiger partial charge < -0.3 is 0 Å². The normalized spacial score (nSPS) is 14.1. The standard InChI is InChI=1S/C15H15ClN4O/c16-11-7-5-10(6-8-11)9-17-20-15(21)14-12-3-1-2-4-13(12)18-19-14/h5-9H,1-4H2,(H,18,19)(H,20,21)/b17-9+. The summed E-state index contributed by atoms with van der Waals surface area (Å²) in [7, 11) is 0. The van der Waals surface area contributed by atoms with Crippen LogP contribution in [0.2, 0.25) is 5.02 Å². The maximum atomic E-state index is 12.1. The van der Waals surface area contributed by atoms with Gasteiger partial charge in [0, 0.05) is 16.3 Å². The van der Waals surface area contributed by atoms with E-state index in [9.17, 15) is 4.79 Å². The third-order valence-electron chi connectivity index (χ3n) is 3.52. The Kier molecular flexibility index (Phi) is 4.01. The Balaban J connectivity index is 1.66. The Morgan fingerprint density at radius 2 is 2.05 bits per heavy atom. The van der Waals surface area contributed by atoms with Gasteiger partial charge in [-0.2, -0.15) is 10.2 Å². The van der Waals surface area contributed by atoms with Gasteiger partial charge >= 0.3 is 0 Å². The van der Waals surface area contributed by atoms with E-state index < -0.39 is 0 Å². The van der Waals surface area contributed by atoms with E-state index in [2.05, 4.69) is 20.7 Å². The van der Waals surface area contributed by atoms with E-state index in [-0.39, 0.29) is 5.91 Å². The summed E-state index contributed by atoms with van der Waals surface area (Å²) in [5, 5.41) is 11.7. The van der Waals surface area contributed by atoms with Crippen LogP contribution in [0, 0.1) is 0 Å². The molecule has 0 spiro atoms. The zero-order chi connectivity index (χ0) is 14.7. The lowest BCUT2D eigenvalue weighted by molar-refractivity contribution is 0.0949. The number of H-pyrrole nitrogens is 1. The number of nitrogens with one attached hydrogen (secondary N) is 2. The monoisotopic (exact) mass is 302 g/mol. The maximum absolute atomic E-state index is 12.1. The summed E-state index contributed by atoms with van der Waals surface area (Å²) in [5.41, 5.74) is 5.94. The molecule has 1 amide bonds. The Labute approximate surface area is 127 Å². The van der Waals surface area contributed by atoms with Gasteiger partial charge in [-0.15, -0.1) is 0 Å². The first-order chi connectivity index (χ1) is 10.2.